The van der Waals surface area contributed by atoms with Gasteiger partial charge >= 0.3 is 0 Å². The van der Waals surface area contributed by atoms with Crippen molar-refractivity contribution in [3.05, 3.63) is 53.6 Å². The van der Waals surface area contributed by atoms with E-state index in [0.717, 1.165) is 26.1 Å². The van der Waals surface area contributed by atoms with Gasteiger partial charge in [0.1, 0.15) is 0 Å². The Labute approximate surface area is 197 Å². The summed E-state index contributed by atoms with van der Waals surface area (Å²) in [7, 11) is 3.68. The predicted molar refractivity (Wildman–Crippen MR) is 137 cm³/mol. The maximum Gasteiger partial charge on any atom is 0.0541 e. The van der Waals surface area contributed by atoms with Gasteiger partial charge in [-0.05, 0) is 55.1 Å². The monoisotopic (exact) mass is 438 g/mol. The highest BCUT2D eigenvalue weighted by atomic mass is 16.5. The summed E-state index contributed by atoms with van der Waals surface area (Å²) in [6, 6.07) is 10.9. The number of allylic oxidation sites excluding steroid dienone is 3. The zero-order chi connectivity index (χ0) is 23.2. The van der Waals surface area contributed by atoms with Crippen molar-refractivity contribution < 1.29 is 9.47 Å². The van der Waals surface area contributed by atoms with Crippen molar-refractivity contribution in [2.75, 3.05) is 27.4 Å². The van der Waals surface area contributed by atoms with Crippen molar-refractivity contribution in [2.24, 2.45) is 16.2 Å². The van der Waals surface area contributed by atoms with Crippen LogP contribution >= 0.6 is 0 Å². The molecule has 1 saturated carbocycles. The molecule has 1 aromatic carbocycles. The average molecular weight is 439 g/mol. The molecule has 2 heteroatoms. The summed E-state index contributed by atoms with van der Waals surface area (Å²) in [6.45, 7) is 13.5. The van der Waals surface area contributed by atoms with Crippen LogP contribution in [0.4, 0.5) is 0 Å². The molecule has 0 N–H and O–H groups in total. The van der Waals surface area contributed by atoms with Crippen LogP contribution in [0.3, 0.4) is 0 Å². The van der Waals surface area contributed by atoms with Gasteiger partial charge in [-0.2, -0.15) is 0 Å². The second kappa shape index (κ2) is 10.7. The standard InChI is InChI=1S/C30H46O2/c1-7-9-10-12-18-26-19-28(4)20-29(22-31-5,23-32-6)21-30(28,27(26)15-8-2)24(3)25-16-13-11-14-17-25/h11,13-14,16-17H,3,7-10,12,15,18-23H2,1-2,4-6H3/t28-,30+/m0/s1. The van der Waals surface area contributed by atoms with Crippen LogP contribution in [0.1, 0.15) is 90.5 Å². The van der Waals surface area contributed by atoms with Gasteiger partial charge in [0.05, 0.1) is 13.2 Å². The molecule has 32 heavy (non-hydrogen) atoms. The van der Waals surface area contributed by atoms with Gasteiger partial charge in [0.25, 0.3) is 0 Å². The van der Waals surface area contributed by atoms with Crippen molar-refractivity contribution >= 4 is 5.57 Å². The minimum atomic E-state index is 0.00150. The Kier molecular flexibility index (Phi) is 8.44. The van der Waals surface area contributed by atoms with Crippen molar-refractivity contribution in [3.8, 4) is 0 Å². The third kappa shape index (κ3) is 4.50. The average Bonchev–Trinajstić information content (AvgIpc) is 3.15. The molecule has 1 aromatic rings. The zero-order valence-corrected chi connectivity index (χ0v) is 21.4. The number of hydrogen-bond acceptors (Lipinski definition) is 2. The van der Waals surface area contributed by atoms with Crippen molar-refractivity contribution in [1.29, 1.82) is 0 Å². The summed E-state index contributed by atoms with van der Waals surface area (Å²) in [5.41, 5.74) is 6.28. The Bertz CT molecular complexity index is 786. The summed E-state index contributed by atoms with van der Waals surface area (Å²) < 4.78 is 11.6. The smallest absolute Gasteiger partial charge is 0.0541 e. The molecule has 0 aliphatic heterocycles. The number of rotatable bonds is 13. The molecular weight excluding hydrogens is 392 g/mol. The lowest BCUT2D eigenvalue weighted by molar-refractivity contribution is 0.00633. The van der Waals surface area contributed by atoms with E-state index in [-0.39, 0.29) is 16.2 Å². The van der Waals surface area contributed by atoms with E-state index < -0.39 is 0 Å². The van der Waals surface area contributed by atoms with Gasteiger partial charge in [0, 0.05) is 25.0 Å². The number of ether oxygens (including phenoxy) is 2. The first-order valence-corrected chi connectivity index (χ1v) is 12.9. The Morgan fingerprint density at radius 2 is 1.59 bits per heavy atom. The third-order valence-corrected chi connectivity index (χ3v) is 8.35. The molecule has 3 rings (SSSR count). The topological polar surface area (TPSA) is 18.5 Å². The summed E-state index contributed by atoms with van der Waals surface area (Å²) in [4.78, 5) is 0. The molecule has 0 spiro atoms. The fraction of sp³-hybridized carbons (Fsp3) is 0.667. The first-order valence-electron chi connectivity index (χ1n) is 12.9. The van der Waals surface area contributed by atoms with E-state index in [2.05, 4.69) is 51.1 Å². The van der Waals surface area contributed by atoms with Crippen LogP contribution in [0.15, 0.2) is 48.1 Å². The van der Waals surface area contributed by atoms with E-state index >= 15 is 0 Å². The highest BCUT2D eigenvalue weighted by Crippen LogP contribution is 2.74. The van der Waals surface area contributed by atoms with E-state index in [9.17, 15) is 0 Å². The first kappa shape index (κ1) is 25.2. The van der Waals surface area contributed by atoms with Crippen LogP contribution in [0.25, 0.3) is 5.57 Å². The van der Waals surface area contributed by atoms with Gasteiger partial charge in [-0.15, -0.1) is 0 Å². The molecule has 0 radical (unpaired) electrons. The molecule has 0 heterocycles. The second-order valence-corrected chi connectivity index (χ2v) is 10.8. The van der Waals surface area contributed by atoms with Gasteiger partial charge in [-0.3, -0.25) is 0 Å². The SMILES string of the molecule is C=C(c1ccccc1)[C@@]12CC(COC)(COC)C[C@]1(C)CC(CCCCCC)=C2CCC. The van der Waals surface area contributed by atoms with Crippen molar-refractivity contribution in [3.63, 3.8) is 0 Å². The maximum atomic E-state index is 5.81. The van der Waals surface area contributed by atoms with Crippen molar-refractivity contribution in [1.82, 2.24) is 0 Å². The predicted octanol–water partition coefficient (Wildman–Crippen LogP) is 8.24. The minimum absolute atomic E-state index is 0.00150. The van der Waals surface area contributed by atoms with Crippen LogP contribution in [-0.4, -0.2) is 27.4 Å². The molecule has 1 fully saturated rings. The highest BCUT2D eigenvalue weighted by molar-refractivity contribution is 5.75. The normalized spacial score (nSPS) is 26.5. The molecule has 2 aliphatic rings. The van der Waals surface area contributed by atoms with Gasteiger partial charge in [0.2, 0.25) is 0 Å². The number of unbranched alkanes of at least 4 members (excludes halogenated alkanes) is 3. The van der Waals surface area contributed by atoms with Crippen LogP contribution in [-0.2, 0) is 9.47 Å². The Balaban J connectivity index is 2.11. The lowest BCUT2D eigenvalue weighted by atomic mass is 9.60. The fourth-order valence-electron chi connectivity index (χ4n) is 7.42. The molecule has 2 atom stereocenters. The first-order chi connectivity index (χ1) is 15.4. The molecule has 0 bridgehead atoms. The minimum Gasteiger partial charge on any atom is -0.384 e. The zero-order valence-electron chi connectivity index (χ0n) is 21.4. The van der Waals surface area contributed by atoms with E-state index in [1.807, 2.05) is 14.2 Å². The van der Waals surface area contributed by atoms with Gasteiger partial charge in [-0.1, -0.05) is 94.5 Å². The van der Waals surface area contributed by atoms with E-state index in [1.165, 1.54) is 62.5 Å². The molecule has 2 aliphatic carbocycles. The summed E-state index contributed by atoms with van der Waals surface area (Å²) in [5.74, 6) is 0. The lowest BCUT2D eigenvalue weighted by Crippen LogP contribution is -2.34. The molecule has 178 valence electrons. The third-order valence-electron chi connectivity index (χ3n) is 8.35. The number of fused-ring (bicyclic) bond motifs is 1. The molecule has 2 nitrogen and oxygen atoms in total. The molecule has 0 unspecified atom stereocenters. The Morgan fingerprint density at radius 3 is 2.19 bits per heavy atom. The van der Waals surface area contributed by atoms with Gasteiger partial charge in [-0.25, -0.2) is 0 Å². The van der Waals surface area contributed by atoms with E-state index in [1.54, 1.807) is 11.1 Å². The van der Waals surface area contributed by atoms with Gasteiger partial charge < -0.3 is 9.47 Å². The van der Waals surface area contributed by atoms with Gasteiger partial charge in [0.15, 0.2) is 0 Å². The number of benzene rings is 1. The molecular formula is C30H46O2. The van der Waals surface area contributed by atoms with Crippen molar-refractivity contribution in [2.45, 2.75) is 85.0 Å². The maximum absolute atomic E-state index is 5.81. The van der Waals surface area contributed by atoms with Crippen LogP contribution in [0.2, 0.25) is 0 Å². The van der Waals surface area contributed by atoms with E-state index in [0.29, 0.717) is 0 Å². The molecule has 0 saturated heterocycles. The molecule has 0 amide bonds. The quantitative estimate of drug-likeness (QED) is 0.228. The lowest BCUT2D eigenvalue weighted by Gasteiger charge is -2.43. The highest BCUT2D eigenvalue weighted by Gasteiger charge is 2.66. The Morgan fingerprint density at radius 1 is 0.906 bits per heavy atom. The summed E-state index contributed by atoms with van der Waals surface area (Å²) in [5, 5.41) is 0. The Hall–Kier alpha value is -1.38. The summed E-state index contributed by atoms with van der Waals surface area (Å²) in [6.07, 6.45) is 12.4. The van der Waals surface area contributed by atoms with Crippen LogP contribution in [0.5, 0.6) is 0 Å². The summed E-state index contributed by atoms with van der Waals surface area (Å²) >= 11 is 0. The van der Waals surface area contributed by atoms with Crippen LogP contribution in [0, 0.1) is 16.2 Å². The second-order valence-electron chi connectivity index (χ2n) is 10.8. The number of hydrogen-bond donors (Lipinski definition) is 0. The largest absolute Gasteiger partial charge is 0.384 e. The van der Waals surface area contributed by atoms with E-state index in [4.69, 9.17) is 16.1 Å². The molecule has 0 aromatic heterocycles. The van der Waals surface area contributed by atoms with Crippen LogP contribution < -0.4 is 0 Å². The fourth-order valence-corrected chi connectivity index (χ4v) is 7.42. The number of methoxy groups -OCH3 is 2.